The van der Waals surface area contributed by atoms with E-state index >= 15 is 0 Å². The van der Waals surface area contributed by atoms with Gasteiger partial charge in [0, 0.05) is 30.3 Å². The van der Waals surface area contributed by atoms with E-state index in [4.69, 9.17) is 17.0 Å². The second-order valence-electron chi connectivity index (χ2n) is 7.08. The van der Waals surface area contributed by atoms with Gasteiger partial charge in [0.2, 0.25) is 0 Å². The smallest absolute Gasteiger partial charge is 0.173 e. The number of hydrogen-bond donors (Lipinski definition) is 1. The van der Waals surface area contributed by atoms with Crippen LogP contribution >= 0.6 is 12.2 Å². The fourth-order valence-electron chi connectivity index (χ4n) is 3.36. The molecule has 1 aliphatic rings. The summed E-state index contributed by atoms with van der Waals surface area (Å²) in [6, 6.07) is 13.6. The molecule has 0 aliphatic carbocycles. The Hall–Kier alpha value is -2.40. The first-order valence-electron chi connectivity index (χ1n) is 9.29. The number of carbonyl (C=O) groups excluding carboxylic acids is 1. The van der Waals surface area contributed by atoms with Crippen molar-refractivity contribution in [3.05, 3.63) is 59.2 Å². The van der Waals surface area contributed by atoms with E-state index in [0.29, 0.717) is 0 Å². The number of nitrogens with one attached hydrogen (secondary N) is 1. The number of ketones is 1. The van der Waals surface area contributed by atoms with Crippen LogP contribution in [0.25, 0.3) is 0 Å². The Balaban J connectivity index is 1.55. The minimum atomic E-state index is 0.0547. The lowest BCUT2D eigenvalue weighted by Gasteiger charge is -2.33. The van der Waals surface area contributed by atoms with Gasteiger partial charge in [0.25, 0.3) is 0 Å². The van der Waals surface area contributed by atoms with E-state index in [9.17, 15) is 4.79 Å². The number of piperidine rings is 1. The maximum Gasteiger partial charge on any atom is 0.173 e. The van der Waals surface area contributed by atoms with Gasteiger partial charge in [0.1, 0.15) is 5.75 Å². The fourth-order valence-corrected chi connectivity index (χ4v) is 3.66. The predicted molar refractivity (Wildman–Crippen MR) is 114 cm³/mol. The van der Waals surface area contributed by atoms with Crippen LogP contribution in [0.4, 0.5) is 5.69 Å². The molecule has 1 fully saturated rings. The lowest BCUT2D eigenvalue weighted by atomic mass is 9.89. The van der Waals surface area contributed by atoms with E-state index in [0.717, 1.165) is 48.0 Å². The number of hydrogen-bond acceptors (Lipinski definition) is 3. The van der Waals surface area contributed by atoms with E-state index < -0.39 is 0 Å². The summed E-state index contributed by atoms with van der Waals surface area (Å²) in [6.07, 6.45) is 1.64. The molecule has 1 aliphatic heterocycles. The van der Waals surface area contributed by atoms with Crippen LogP contribution in [0.15, 0.2) is 42.5 Å². The minimum Gasteiger partial charge on any atom is -0.497 e. The highest BCUT2D eigenvalue weighted by Crippen LogP contribution is 2.24. The molecule has 0 unspecified atom stereocenters. The first kappa shape index (κ1) is 19.4. The third-order valence-corrected chi connectivity index (χ3v) is 5.65. The largest absolute Gasteiger partial charge is 0.497 e. The van der Waals surface area contributed by atoms with Crippen molar-refractivity contribution in [2.45, 2.75) is 26.7 Å². The Morgan fingerprint density at radius 3 is 2.33 bits per heavy atom. The number of anilines is 1. The molecule has 142 valence electrons. The molecule has 2 aromatic rings. The van der Waals surface area contributed by atoms with Crippen molar-refractivity contribution >= 4 is 28.8 Å². The molecular formula is C22H26N2O2S. The number of likely N-dealkylation sites (tertiary alicyclic amines) is 1. The summed E-state index contributed by atoms with van der Waals surface area (Å²) < 4.78 is 5.16. The predicted octanol–water partition coefficient (Wildman–Crippen LogP) is 4.60. The monoisotopic (exact) mass is 382 g/mol. The van der Waals surface area contributed by atoms with E-state index in [1.807, 2.05) is 24.3 Å². The summed E-state index contributed by atoms with van der Waals surface area (Å²) in [5.74, 6) is 1.04. The summed E-state index contributed by atoms with van der Waals surface area (Å²) in [5, 5.41) is 4.06. The van der Waals surface area contributed by atoms with Gasteiger partial charge in [-0.3, -0.25) is 4.79 Å². The lowest BCUT2D eigenvalue weighted by molar-refractivity contribution is 0.0873. The Morgan fingerprint density at radius 2 is 1.74 bits per heavy atom. The highest BCUT2D eigenvalue weighted by atomic mass is 32.1. The fraction of sp³-hybridized carbons (Fsp3) is 0.364. The van der Waals surface area contributed by atoms with Gasteiger partial charge >= 0.3 is 0 Å². The van der Waals surface area contributed by atoms with Crippen LogP contribution in [-0.2, 0) is 0 Å². The minimum absolute atomic E-state index is 0.0547. The number of nitrogens with zero attached hydrogens (tertiary/aromatic N) is 1. The van der Waals surface area contributed by atoms with E-state index in [1.165, 1.54) is 11.1 Å². The van der Waals surface area contributed by atoms with Gasteiger partial charge in [0.15, 0.2) is 10.9 Å². The number of benzene rings is 2. The van der Waals surface area contributed by atoms with Crippen molar-refractivity contribution in [3.63, 3.8) is 0 Å². The highest BCUT2D eigenvalue weighted by Gasteiger charge is 2.26. The molecule has 4 nitrogen and oxygen atoms in total. The van der Waals surface area contributed by atoms with Gasteiger partial charge in [-0.05, 0) is 86.4 Å². The van der Waals surface area contributed by atoms with Crippen molar-refractivity contribution < 1.29 is 9.53 Å². The van der Waals surface area contributed by atoms with E-state index in [1.54, 1.807) is 7.11 Å². The zero-order valence-electron chi connectivity index (χ0n) is 16.1. The number of aryl methyl sites for hydroxylation is 2. The number of rotatable bonds is 4. The molecule has 0 aromatic heterocycles. The first-order chi connectivity index (χ1) is 13.0. The van der Waals surface area contributed by atoms with Crippen LogP contribution in [0.2, 0.25) is 0 Å². The Kier molecular flexibility index (Phi) is 6.11. The zero-order valence-corrected chi connectivity index (χ0v) is 16.9. The third kappa shape index (κ3) is 4.66. The van der Waals surface area contributed by atoms with Gasteiger partial charge in [0.05, 0.1) is 7.11 Å². The van der Waals surface area contributed by atoms with Crippen LogP contribution in [-0.4, -0.2) is 36.0 Å². The van der Waals surface area contributed by atoms with Crippen molar-refractivity contribution in [1.82, 2.24) is 4.90 Å². The van der Waals surface area contributed by atoms with Crippen LogP contribution in [0.1, 0.15) is 34.3 Å². The van der Waals surface area contributed by atoms with Crippen LogP contribution in [0.3, 0.4) is 0 Å². The van der Waals surface area contributed by atoms with Gasteiger partial charge < -0.3 is 15.0 Å². The maximum absolute atomic E-state index is 12.7. The molecule has 2 aromatic carbocycles. The van der Waals surface area contributed by atoms with Crippen molar-refractivity contribution in [2.24, 2.45) is 5.92 Å². The summed E-state index contributed by atoms with van der Waals surface area (Å²) in [7, 11) is 1.63. The third-order valence-electron chi connectivity index (χ3n) is 5.29. The van der Waals surface area contributed by atoms with Crippen LogP contribution < -0.4 is 10.1 Å². The number of thiocarbonyl (C=S) groups is 1. The average molecular weight is 383 g/mol. The summed E-state index contributed by atoms with van der Waals surface area (Å²) >= 11 is 5.57. The summed E-state index contributed by atoms with van der Waals surface area (Å²) in [5.41, 5.74) is 4.28. The molecule has 0 saturated carbocycles. The second kappa shape index (κ2) is 8.53. The Bertz CT molecular complexity index is 825. The van der Waals surface area contributed by atoms with E-state index in [-0.39, 0.29) is 11.7 Å². The van der Waals surface area contributed by atoms with Crippen molar-refractivity contribution in [3.8, 4) is 5.75 Å². The highest BCUT2D eigenvalue weighted by molar-refractivity contribution is 7.80. The molecule has 0 radical (unpaired) electrons. The SMILES string of the molecule is COc1ccc(C(=O)C2CCN(C(=S)Nc3ccc(C)c(C)c3)CC2)cc1. The second-order valence-corrected chi connectivity index (χ2v) is 7.47. The molecule has 0 bridgehead atoms. The Morgan fingerprint density at radius 1 is 1.07 bits per heavy atom. The summed E-state index contributed by atoms with van der Waals surface area (Å²) in [6.45, 7) is 5.79. The first-order valence-corrected chi connectivity index (χ1v) is 9.70. The molecule has 5 heteroatoms. The Labute approximate surface area is 166 Å². The average Bonchev–Trinajstić information content (AvgIpc) is 2.70. The van der Waals surface area contributed by atoms with Gasteiger partial charge in [-0.2, -0.15) is 0 Å². The molecule has 27 heavy (non-hydrogen) atoms. The van der Waals surface area contributed by atoms with Gasteiger partial charge in [-0.25, -0.2) is 0 Å². The molecule has 1 heterocycles. The molecule has 0 amide bonds. The van der Waals surface area contributed by atoms with E-state index in [2.05, 4.69) is 42.3 Å². The van der Waals surface area contributed by atoms with Gasteiger partial charge in [-0.15, -0.1) is 0 Å². The van der Waals surface area contributed by atoms with Crippen LogP contribution in [0.5, 0.6) is 5.75 Å². The number of ether oxygens (including phenoxy) is 1. The van der Waals surface area contributed by atoms with Crippen molar-refractivity contribution in [1.29, 1.82) is 0 Å². The molecule has 1 saturated heterocycles. The normalized spacial score (nSPS) is 14.7. The molecule has 3 rings (SSSR count). The van der Waals surface area contributed by atoms with Crippen molar-refractivity contribution in [2.75, 3.05) is 25.5 Å². The number of carbonyl (C=O) groups is 1. The standard InChI is InChI=1S/C22H26N2O2S/c1-15-4-7-19(14-16(15)2)23-22(27)24-12-10-18(11-13-24)21(25)17-5-8-20(26-3)9-6-17/h4-9,14,18H,10-13H2,1-3H3,(H,23,27). The summed E-state index contributed by atoms with van der Waals surface area (Å²) in [4.78, 5) is 14.9. The lowest BCUT2D eigenvalue weighted by Crippen LogP contribution is -2.42. The molecular weight excluding hydrogens is 356 g/mol. The molecule has 0 spiro atoms. The quantitative estimate of drug-likeness (QED) is 0.618. The zero-order chi connectivity index (χ0) is 19.4. The number of methoxy groups -OCH3 is 1. The maximum atomic E-state index is 12.7. The van der Waals surface area contributed by atoms with Crippen LogP contribution in [0, 0.1) is 19.8 Å². The topological polar surface area (TPSA) is 41.6 Å². The van der Waals surface area contributed by atoms with Gasteiger partial charge in [-0.1, -0.05) is 6.07 Å². The molecule has 1 N–H and O–H groups in total. The molecule has 0 atom stereocenters. The number of Topliss-reactive ketones (excluding diaryl/α,β-unsaturated/α-hetero) is 1.